The fraction of sp³-hybridized carbons (Fsp3) is 0.263. The molecule has 3 rings (SSSR count). The van der Waals surface area contributed by atoms with Gasteiger partial charge < -0.3 is 16.0 Å². The van der Waals surface area contributed by atoms with Crippen LogP contribution in [-0.4, -0.2) is 18.0 Å². The molecular weight excluding hydrogens is 302 g/mol. The molecule has 126 valence electrons. The molecule has 0 saturated heterocycles. The predicted octanol–water partition coefficient (Wildman–Crippen LogP) is 3.79. The van der Waals surface area contributed by atoms with Crippen molar-refractivity contribution in [2.24, 2.45) is 0 Å². The summed E-state index contributed by atoms with van der Waals surface area (Å²) in [4.78, 5) is 24.2. The van der Waals surface area contributed by atoms with Crippen LogP contribution in [0.5, 0.6) is 0 Å². The van der Waals surface area contributed by atoms with Crippen molar-refractivity contribution in [2.45, 2.75) is 32.7 Å². The minimum absolute atomic E-state index is 0.187. The first kappa shape index (κ1) is 17.5. The maximum absolute atomic E-state index is 12.2. The van der Waals surface area contributed by atoms with Gasteiger partial charge in [0, 0.05) is 11.4 Å². The number of hydrogen-bond acceptors (Lipinski definition) is 2. The lowest BCUT2D eigenvalue weighted by atomic mass is 10.1. The molecule has 3 N–H and O–H groups in total. The molecule has 0 aromatic heterocycles. The third-order valence-electron chi connectivity index (χ3n) is 3.63. The van der Waals surface area contributed by atoms with E-state index in [9.17, 15) is 9.59 Å². The number of aryl methyl sites for hydroxylation is 1. The summed E-state index contributed by atoms with van der Waals surface area (Å²) in [5.41, 5.74) is 2.60. The Hall–Kier alpha value is -2.82. The lowest BCUT2D eigenvalue weighted by molar-refractivity contribution is -0.117. The Kier molecular flexibility index (Phi) is 6.37. The molecule has 2 aromatic rings. The van der Waals surface area contributed by atoms with E-state index in [1.807, 2.05) is 56.3 Å². The van der Waals surface area contributed by atoms with Crippen LogP contribution in [0.25, 0.3) is 0 Å². The first-order valence-corrected chi connectivity index (χ1v) is 8.24. The molecule has 0 bridgehead atoms. The maximum atomic E-state index is 12.2. The van der Waals surface area contributed by atoms with Crippen molar-refractivity contribution in [1.82, 2.24) is 5.32 Å². The Bertz CT molecular complexity index is 686. The van der Waals surface area contributed by atoms with Crippen LogP contribution < -0.4 is 16.0 Å². The minimum atomic E-state index is -0.545. The highest BCUT2D eigenvalue weighted by atomic mass is 16.2. The molecule has 3 amide bonds. The molecule has 1 unspecified atom stereocenters. The number of urea groups is 1. The monoisotopic (exact) mass is 325 g/mol. The van der Waals surface area contributed by atoms with Crippen LogP contribution in [0.15, 0.2) is 54.6 Å². The van der Waals surface area contributed by atoms with Gasteiger partial charge in [0.1, 0.15) is 6.04 Å². The van der Waals surface area contributed by atoms with Gasteiger partial charge in [0.15, 0.2) is 0 Å². The molecule has 0 radical (unpaired) electrons. The highest BCUT2D eigenvalue weighted by Gasteiger charge is 2.24. The van der Waals surface area contributed by atoms with Gasteiger partial charge in [0.25, 0.3) is 0 Å². The molecule has 0 aliphatic carbocycles. The highest BCUT2D eigenvalue weighted by molar-refractivity contribution is 6.00. The largest absolute Gasteiger partial charge is 0.326 e. The van der Waals surface area contributed by atoms with Crippen molar-refractivity contribution in [1.29, 1.82) is 0 Å². The number of nitrogens with one attached hydrogen (secondary N) is 3. The number of carbonyl (C=O) groups is 2. The zero-order chi connectivity index (χ0) is 17.4. The Labute approximate surface area is 142 Å². The van der Waals surface area contributed by atoms with E-state index in [0.717, 1.165) is 17.7 Å². The Morgan fingerprint density at radius 2 is 1.71 bits per heavy atom. The molecule has 1 aliphatic rings. The average molecular weight is 325 g/mol. The smallest absolute Gasteiger partial charge is 0.319 e. The van der Waals surface area contributed by atoms with Gasteiger partial charge in [0.2, 0.25) is 5.91 Å². The van der Waals surface area contributed by atoms with Gasteiger partial charge in [-0.1, -0.05) is 50.2 Å². The van der Waals surface area contributed by atoms with E-state index in [1.165, 1.54) is 0 Å². The van der Waals surface area contributed by atoms with E-state index in [0.29, 0.717) is 12.1 Å². The molecule has 5 heteroatoms. The molecule has 1 atom stereocenters. The van der Waals surface area contributed by atoms with Gasteiger partial charge in [-0.2, -0.15) is 0 Å². The highest BCUT2D eigenvalue weighted by Crippen LogP contribution is 2.21. The summed E-state index contributed by atoms with van der Waals surface area (Å²) in [6, 6.07) is 15.9. The van der Waals surface area contributed by atoms with Crippen LogP contribution in [-0.2, 0) is 11.2 Å². The van der Waals surface area contributed by atoms with E-state index in [2.05, 4.69) is 16.0 Å². The SMILES string of the molecule is CC.O=C(Nc1ccccc1)NC1CCc2ccccc2NC1=O. The molecule has 2 aromatic carbocycles. The first-order chi connectivity index (χ1) is 11.7. The van der Waals surface area contributed by atoms with Crippen molar-refractivity contribution < 1.29 is 9.59 Å². The molecule has 1 heterocycles. The lowest BCUT2D eigenvalue weighted by Crippen LogP contribution is -2.45. The summed E-state index contributed by atoms with van der Waals surface area (Å²) >= 11 is 0. The second-order valence-corrected chi connectivity index (χ2v) is 5.20. The molecule has 5 nitrogen and oxygen atoms in total. The Morgan fingerprint density at radius 3 is 2.46 bits per heavy atom. The summed E-state index contributed by atoms with van der Waals surface area (Å²) in [7, 11) is 0. The van der Waals surface area contributed by atoms with Crippen molar-refractivity contribution >= 4 is 23.3 Å². The molecule has 0 fully saturated rings. The lowest BCUT2D eigenvalue weighted by Gasteiger charge is -2.15. The fourth-order valence-electron chi connectivity index (χ4n) is 2.50. The second-order valence-electron chi connectivity index (χ2n) is 5.20. The van der Waals surface area contributed by atoms with Crippen molar-refractivity contribution in [3.05, 3.63) is 60.2 Å². The van der Waals surface area contributed by atoms with Gasteiger partial charge in [-0.15, -0.1) is 0 Å². The second kappa shape index (κ2) is 8.72. The summed E-state index contributed by atoms with van der Waals surface area (Å²) < 4.78 is 0. The summed E-state index contributed by atoms with van der Waals surface area (Å²) in [5, 5.41) is 8.31. The maximum Gasteiger partial charge on any atom is 0.319 e. The number of benzene rings is 2. The zero-order valence-corrected chi connectivity index (χ0v) is 14.0. The van der Waals surface area contributed by atoms with E-state index >= 15 is 0 Å². The predicted molar refractivity (Wildman–Crippen MR) is 97.1 cm³/mol. The van der Waals surface area contributed by atoms with Crippen LogP contribution in [0.4, 0.5) is 16.2 Å². The number of para-hydroxylation sites is 2. The van der Waals surface area contributed by atoms with E-state index in [4.69, 9.17) is 0 Å². The van der Waals surface area contributed by atoms with Gasteiger partial charge in [-0.25, -0.2) is 4.79 Å². The molecule has 0 spiro atoms. The van der Waals surface area contributed by atoms with Crippen molar-refractivity contribution in [2.75, 3.05) is 10.6 Å². The molecule has 0 saturated carbocycles. The average Bonchev–Trinajstić information content (AvgIpc) is 2.77. The summed E-state index contributed by atoms with van der Waals surface area (Å²) in [6.07, 6.45) is 1.32. The number of rotatable bonds is 2. The van der Waals surface area contributed by atoms with Crippen LogP contribution in [0.3, 0.4) is 0 Å². The van der Waals surface area contributed by atoms with E-state index in [-0.39, 0.29) is 11.9 Å². The third-order valence-corrected chi connectivity index (χ3v) is 3.63. The van der Waals surface area contributed by atoms with Gasteiger partial charge in [-0.3, -0.25) is 4.79 Å². The standard InChI is InChI=1S/C17H17N3O2.C2H6/c21-16-15(11-10-12-6-4-5-9-14(12)19-16)20-17(22)18-13-7-2-1-3-8-13;1-2/h1-9,15H,10-11H2,(H,19,21)(H2,18,20,22);1-2H3. The fourth-order valence-corrected chi connectivity index (χ4v) is 2.50. The van der Waals surface area contributed by atoms with Crippen LogP contribution in [0.2, 0.25) is 0 Å². The van der Waals surface area contributed by atoms with Crippen LogP contribution >= 0.6 is 0 Å². The van der Waals surface area contributed by atoms with Gasteiger partial charge in [-0.05, 0) is 36.6 Å². The summed E-state index contributed by atoms with van der Waals surface area (Å²) in [6.45, 7) is 4.00. The topological polar surface area (TPSA) is 70.2 Å². The normalized spacial score (nSPS) is 15.8. The van der Waals surface area contributed by atoms with Crippen LogP contribution in [0.1, 0.15) is 25.8 Å². The van der Waals surface area contributed by atoms with E-state index in [1.54, 1.807) is 12.1 Å². The number of anilines is 2. The number of fused-ring (bicyclic) bond motifs is 1. The number of hydrogen-bond donors (Lipinski definition) is 3. The van der Waals surface area contributed by atoms with Crippen molar-refractivity contribution in [3.8, 4) is 0 Å². The molecular formula is C19H23N3O2. The third kappa shape index (κ3) is 4.59. The quantitative estimate of drug-likeness (QED) is 0.786. The first-order valence-electron chi connectivity index (χ1n) is 8.24. The minimum Gasteiger partial charge on any atom is -0.326 e. The number of carbonyl (C=O) groups excluding carboxylic acids is 2. The molecule has 24 heavy (non-hydrogen) atoms. The molecule has 1 aliphatic heterocycles. The summed E-state index contributed by atoms with van der Waals surface area (Å²) in [5.74, 6) is -0.187. The van der Waals surface area contributed by atoms with Gasteiger partial charge >= 0.3 is 6.03 Å². The van der Waals surface area contributed by atoms with Crippen molar-refractivity contribution in [3.63, 3.8) is 0 Å². The van der Waals surface area contributed by atoms with E-state index < -0.39 is 6.04 Å². The van der Waals surface area contributed by atoms with Gasteiger partial charge in [0.05, 0.1) is 0 Å². The number of amides is 3. The zero-order valence-electron chi connectivity index (χ0n) is 14.0. The Morgan fingerprint density at radius 1 is 1.04 bits per heavy atom. The Balaban J connectivity index is 0.00000100. The van der Waals surface area contributed by atoms with Crippen LogP contribution in [0, 0.1) is 0 Å².